The van der Waals surface area contributed by atoms with Crippen molar-refractivity contribution in [3.05, 3.63) is 48.3 Å². The third-order valence-electron chi connectivity index (χ3n) is 4.66. The minimum Gasteiger partial charge on any atom is -0.485 e. The van der Waals surface area contributed by atoms with Gasteiger partial charge in [-0.05, 0) is 24.3 Å². The van der Waals surface area contributed by atoms with Crippen LogP contribution >= 0.6 is 0 Å². The van der Waals surface area contributed by atoms with Crippen LogP contribution in [0.3, 0.4) is 0 Å². The number of piperazine rings is 1. The second-order valence-electron chi connectivity index (χ2n) is 6.57. The normalized spacial score (nSPS) is 19.3. The Morgan fingerprint density at radius 1 is 1.14 bits per heavy atom. The molecule has 2 aliphatic rings. The largest absolute Gasteiger partial charge is 0.485 e. The number of nitrogens with zero attached hydrogens (tertiary/aromatic N) is 3. The van der Waals surface area contributed by atoms with Gasteiger partial charge in [-0.25, -0.2) is 0 Å². The maximum absolute atomic E-state index is 12.9. The van der Waals surface area contributed by atoms with E-state index in [0.717, 1.165) is 12.3 Å². The molecule has 3 heterocycles. The van der Waals surface area contributed by atoms with Gasteiger partial charge in [-0.1, -0.05) is 12.1 Å². The number of ether oxygens (including phenoxy) is 2. The maximum Gasteiger partial charge on any atom is 0.433 e. The summed E-state index contributed by atoms with van der Waals surface area (Å²) in [7, 11) is 0. The molecule has 0 spiro atoms. The molecule has 0 saturated carbocycles. The molecule has 1 aromatic heterocycles. The topological polar surface area (TPSA) is 72.0 Å². The van der Waals surface area contributed by atoms with Gasteiger partial charge in [-0.15, -0.1) is 0 Å². The van der Waals surface area contributed by atoms with Crippen molar-refractivity contribution in [1.29, 1.82) is 0 Å². The minimum atomic E-state index is -4.61. The summed E-state index contributed by atoms with van der Waals surface area (Å²) in [6.07, 6.45) is -4.49. The molecular weight excluding hydrogens is 391 g/mol. The Labute approximate surface area is 163 Å². The summed E-state index contributed by atoms with van der Waals surface area (Å²) in [5.74, 6) is 0.0911. The van der Waals surface area contributed by atoms with E-state index in [9.17, 15) is 22.8 Å². The Morgan fingerprint density at radius 2 is 1.90 bits per heavy atom. The highest BCUT2D eigenvalue weighted by Gasteiger charge is 2.37. The molecule has 152 valence electrons. The molecule has 0 N–H and O–H groups in total. The fourth-order valence-electron chi connectivity index (χ4n) is 3.22. The number of alkyl halides is 3. The first-order valence-electron chi connectivity index (χ1n) is 8.84. The van der Waals surface area contributed by atoms with Gasteiger partial charge in [0.1, 0.15) is 18.8 Å². The van der Waals surface area contributed by atoms with E-state index in [0.29, 0.717) is 11.5 Å². The third-order valence-corrected chi connectivity index (χ3v) is 4.66. The van der Waals surface area contributed by atoms with Crippen LogP contribution in [-0.2, 0) is 15.8 Å². The number of hydrogen-bond donors (Lipinski definition) is 0. The molecule has 10 heteroatoms. The van der Waals surface area contributed by atoms with E-state index in [1.54, 1.807) is 24.3 Å². The molecular formula is C19H16F3N3O4. The number of fused-ring (bicyclic) bond motifs is 1. The Balaban J connectivity index is 1.43. The lowest BCUT2D eigenvalue weighted by atomic mass is 10.2. The number of rotatable bonds is 2. The fraction of sp³-hybridized carbons (Fsp3) is 0.316. The first-order chi connectivity index (χ1) is 13.8. The van der Waals surface area contributed by atoms with Crippen LogP contribution in [0.2, 0.25) is 0 Å². The standard InChI is InChI=1S/C19H16F3N3O4/c20-19(21,22)16-9-12(5-6-23-16)25-8-7-24(10-17(25)26)18(27)15-11-28-13-3-1-2-4-14(13)29-15/h1-6,9,15H,7-8,10-11H2. The molecule has 0 radical (unpaired) electrons. The van der Waals surface area contributed by atoms with E-state index in [2.05, 4.69) is 4.98 Å². The molecule has 7 nitrogen and oxygen atoms in total. The Kier molecular flexibility index (Phi) is 4.77. The van der Waals surface area contributed by atoms with Crippen molar-refractivity contribution < 1.29 is 32.2 Å². The highest BCUT2D eigenvalue weighted by atomic mass is 19.4. The zero-order valence-corrected chi connectivity index (χ0v) is 15.1. The van der Waals surface area contributed by atoms with Gasteiger partial charge in [-0.3, -0.25) is 14.6 Å². The molecule has 1 aromatic carbocycles. The van der Waals surface area contributed by atoms with Crippen LogP contribution in [0.15, 0.2) is 42.6 Å². The van der Waals surface area contributed by atoms with Gasteiger partial charge in [0.2, 0.25) is 12.0 Å². The predicted molar refractivity (Wildman–Crippen MR) is 94.5 cm³/mol. The van der Waals surface area contributed by atoms with Crippen LogP contribution in [0, 0.1) is 0 Å². The summed E-state index contributed by atoms with van der Waals surface area (Å²) < 4.78 is 49.8. The quantitative estimate of drug-likeness (QED) is 0.763. The van der Waals surface area contributed by atoms with Crippen molar-refractivity contribution in [2.75, 3.05) is 31.1 Å². The summed E-state index contributed by atoms with van der Waals surface area (Å²) in [5, 5.41) is 0. The van der Waals surface area contributed by atoms with Crippen LogP contribution < -0.4 is 14.4 Å². The number of hydrogen-bond acceptors (Lipinski definition) is 5. The summed E-state index contributed by atoms with van der Waals surface area (Å²) >= 11 is 0. The molecule has 0 aliphatic carbocycles. The number of amides is 2. The molecule has 4 rings (SSSR count). The fourth-order valence-corrected chi connectivity index (χ4v) is 3.22. The Morgan fingerprint density at radius 3 is 2.62 bits per heavy atom. The zero-order valence-electron chi connectivity index (χ0n) is 15.1. The molecule has 1 unspecified atom stereocenters. The predicted octanol–water partition coefficient (Wildman–Crippen LogP) is 2.12. The van der Waals surface area contributed by atoms with Gasteiger partial charge in [0.25, 0.3) is 5.91 Å². The average molecular weight is 407 g/mol. The number of carbonyl (C=O) groups excluding carboxylic acids is 2. The van der Waals surface area contributed by atoms with Gasteiger partial charge in [0.05, 0.1) is 0 Å². The van der Waals surface area contributed by atoms with Gasteiger partial charge in [-0.2, -0.15) is 13.2 Å². The number of para-hydroxylation sites is 2. The second kappa shape index (κ2) is 7.26. The lowest BCUT2D eigenvalue weighted by Gasteiger charge is -2.36. The van der Waals surface area contributed by atoms with Crippen molar-refractivity contribution in [1.82, 2.24) is 9.88 Å². The monoisotopic (exact) mass is 407 g/mol. The number of carbonyl (C=O) groups is 2. The van der Waals surface area contributed by atoms with Crippen molar-refractivity contribution in [3.63, 3.8) is 0 Å². The van der Waals surface area contributed by atoms with Crippen LogP contribution in [0.25, 0.3) is 0 Å². The number of benzene rings is 1. The molecule has 1 saturated heterocycles. The molecule has 1 fully saturated rings. The molecule has 0 bridgehead atoms. The van der Waals surface area contributed by atoms with E-state index >= 15 is 0 Å². The van der Waals surface area contributed by atoms with E-state index in [-0.39, 0.29) is 31.9 Å². The molecule has 29 heavy (non-hydrogen) atoms. The van der Waals surface area contributed by atoms with Crippen LogP contribution in [-0.4, -0.2) is 54.0 Å². The van der Waals surface area contributed by atoms with Gasteiger partial charge in [0, 0.05) is 25.0 Å². The summed E-state index contributed by atoms with van der Waals surface area (Å²) in [6.45, 7) is -0.0145. The van der Waals surface area contributed by atoms with E-state index in [1.165, 1.54) is 15.9 Å². The number of aromatic nitrogens is 1. The Bertz CT molecular complexity index is 950. The average Bonchev–Trinajstić information content (AvgIpc) is 2.72. The third kappa shape index (κ3) is 3.82. The molecule has 2 aromatic rings. The van der Waals surface area contributed by atoms with Crippen LogP contribution in [0.1, 0.15) is 5.69 Å². The summed E-state index contributed by atoms with van der Waals surface area (Å²) in [6, 6.07) is 9.10. The lowest BCUT2D eigenvalue weighted by Crippen LogP contribution is -2.56. The number of anilines is 1. The highest BCUT2D eigenvalue weighted by molar-refractivity contribution is 5.98. The van der Waals surface area contributed by atoms with E-state index < -0.39 is 29.8 Å². The van der Waals surface area contributed by atoms with E-state index in [4.69, 9.17) is 9.47 Å². The summed E-state index contributed by atoms with van der Waals surface area (Å²) in [5.41, 5.74) is -0.983. The first kappa shape index (κ1) is 19.0. The SMILES string of the molecule is O=C(C1COc2ccccc2O1)N1CCN(c2ccnc(C(F)(F)F)c2)C(=O)C1. The van der Waals surface area contributed by atoms with Gasteiger partial charge < -0.3 is 19.3 Å². The van der Waals surface area contributed by atoms with Crippen LogP contribution in [0.5, 0.6) is 11.5 Å². The first-order valence-corrected chi connectivity index (χ1v) is 8.84. The van der Waals surface area contributed by atoms with Crippen molar-refractivity contribution >= 4 is 17.5 Å². The zero-order chi connectivity index (χ0) is 20.6. The number of halogens is 3. The maximum atomic E-state index is 12.9. The number of pyridine rings is 1. The van der Waals surface area contributed by atoms with Crippen molar-refractivity contribution in [2.24, 2.45) is 0 Å². The van der Waals surface area contributed by atoms with Crippen molar-refractivity contribution in [3.8, 4) is 11.5 Å². The van der Waals surface area contributed by atoms with E-state index in [1.807, 2.05) is 0 Å². The van der Waals surface area contributed by atoms with Gasteiger partial charge in [0.15, 0.2) is 11.5 Å². The molecule has 2 amide bonds. The second-order valence-corrected chi connectivity index (χ2v) is 6.57. The minimum absolute atomic E-state index is 0.0174. The van der Waals surface area contributed by atoms with Gasteiger partial charge >= 0.3 is 6.18 Å². The highest BCUT2D eigenvalue weighted by Crippen LogP contribution is 2.32. The Hall–Kier alpha value is -3.30. The smallest absolute Gasteiger partial charge is 0.433 e. The van der Waals surface area contributed by atoms with Crippen LogP contribution in [0.4, 0.5) is 18.9 Å². The lowest BCUT2D eigenvalue weighted by molar-refractivity contribution is -0.145. The molecule has 1 atom stereocenters. The van der Waals surface area contributed by atoms with Crippen molar-refractivity contribution in [2.45, 2.75) is 12.3 Å². The molecule has 2 aliphatic heterocycles. The summed E-state index contributed by atoms with van der Waals surface area (Å²) in [4.78, 5) is 31.1.